The second-order valence-corrected chi connectivity index (χ2v) is 3.87. The van der Waals surface area contributed by atoms with E-state index in [2.05, 4.69) is 4.84 Å². The molecule has 0 aliphatic heterocycles. The van der Waals surface area contributed by atoms with Gasteiger partial charge in [0.05, 0.1) is 0 Å². The summed E-state index contributed by atoms with van der Waals surface area (Å²) in [5, 5.41) is 0. The first-order chi connectivity index (χ1) is 8.74. The van der Waals surface area contributed by atoms with Crippen molar-refractivity contribution in [3.63, 3.8) is 0 Å². The Hall–Kier alpha value is -2.17. The van der Waals surface area contributed by atoms with Crippen LogP contribution in [-0.2, 0) is 9.63 Å². The lowest BCUT2D eigenvalue weighted by Gasteiger charge is -2.15. The fourth-order valence-corrected chi connectivity index (χ4v) is 1.90. The molecule has 0 aliphatic rings. The first-order valence-electron chi connectivity index (χ1n) is 5.53. The van der Waals surface area contributed by atoms with E-state index in [0.717, 1.165) is 11.1 Å². The molecule has 2 aromatic rings. The molecule has 92 valence electrons. The molecule has 1 atom stereocenters. The van der Waals surface area contributed by atoms with Crippen molar-refractivity contribution in [3.05, 3.63) is 60.2 Å². The first kappa shape index (κ1) is 12.3. The second kappa shape index (κ2) is 5.44. The van der Waals surface area contributed by atoms with Gasteiger partial charge >= 0.3 is 0 Å². The van der Waals surface area contributed by atoms with Crippen LogP contribution in [0.15, 0.2) is 54.6 Å². The van der Waals surface area contributed by atoms with Gasteiger partial charge in [0.1, 0.15) is 0 Å². The molecule has 18 heavy (non-hydrogen) atoms. The van der Waals surface area contributed by atoms with Crippen LogP contribution in [0, 0.1) is 0 Å². The van der Waals surface area contributed by atoms with Crippen LogP contribution < -0.4 is 11.6 Å². The molecule has 4 heteroatoms. The number of carbonyl (C=O) groups is 1. The molecule has 0 aliphatic carbocycles. The lowest BCUT2D eigenvalue weighted by molar-refractivity contribution is -0.130. The van der Waals surface area contributed by atoms with Crippen LogP contribution in [0.1, 0.15) is 11.7 Å². The standard InChI is InChI=1S/C14H14N2O2/c15-14(17)13(18-16)12-9-5-4-8-11(12)10-6-2-1-3-7-10/h1-9,13H,16H2,(H2,15,17). The van der Waals surface area contributed by atoms with Crippen molar-refractivity contribution in [2.75, 3.05) is 0 Å². The summed E-state index contributed by atoms with van der Waals surface area (Å²) in [6, 6.07) is 17.1. The Morgan fingerprint density at radius 2 is 1.61 bits per heavy atom. The van der Waals surface area contributed by atoms with Gasteiger partial charge in [0.15, 0.2) is 6.10 Å². The highest BCUT2D eigenvalue weighted by Crippen LogP contribution is 2.29. The number of rotatable bonds is 4. The monoisotopic (exact) mass is 242 g/mol. The molecule has 0 bridgehead atoms. The van der Waals surface area contributed by atoms with E-state index in [0.29, 0.717) is 5.56 Å². The van der Waals surface area contributed by atoms with Gasteiger partial charge in [0, 0.05) is 5.56 Å². The summed E-state index contributed by atoms with van der Waals surface area (Å²) in [5.74, 6) is 4.54. The van der Waals surface area contributed by atoms with Gasteiger partial charge in [-0.15, -0.1) is 0 Å². The smallest absolute Gasteiger partial charge is 0.253 e. The predicted octanol–water partition coefficient (Wildman–Crippen LogP) is 1.77. The molecule has 0 saturated heterocycles. The maximum absolute atomic E-state index is 11.3. The molecule has 1 amide bonds. The van der Waals surface area contributed by atoms with Crippen molar-refractivity contribution in [2.24, 2.45) is 11.6 Å². The maximum atomic E-state index is 11.3. The van der Waals surface area contributed by atoms with Crippen LogP contribution in [0.25, 0.3) is 11.1 Å². The average molecular weight is 242 g/mol. The predicted molar refractivity (Wildman–Crippen MR) is 69.1 cm³/mol. The number of nitrogens with two attached hydrogens (primary N) is 2. The minimum Gasteiger partial charge on any atom is -0.367 e. The van der Waals surface area contributed by atoms with Crippen molar-refractivity contribution in [1.82, 2.24) is 0 Å². The zero-order valence-electron chi connectivity index (χ0n) is 9.74. The lowest BCUT2D eigenvalue weighted by atomic mass is 9.96. The lowest BCUT2D eigenvalue weighted by Crippen LogP contribution is -2.26. The third kappa shape index (κ3) is 2.40. The number of benzene rings is 2. The Balaban J connectivity index is 2.53. The van der Waals surface area contributed by atoms with Gasteiger partial charge in [-0.05, 0) is 11.1 Å². The molecule has 0 fully saturated rings. The highest BCUT2D eigenvalue weighted by Gasteiger charge is 2.21. The van der Waals surface area contributed by atoms with E-state index in [1.54, 1.807) is 6.07 Å². The maximum Gasteiger partial charge on any atom is 0.253 e. The van der Waals surface area contributed by atoms with E-state index in [1.807, 2.05) is 48.5 Å². The molecule has 0 aromatic heterocycles. The Morgan fingerprint density at radius 3 is 2.22 bits per heavy atom. The first-order valence-corrected chi connectivity index (χ1v) is 5.53. The van der Waals surface area contributed by atoms with E-state index in [9.17, 15) is 4.79 Å². The van der Waals surface area contributed by atoms with Gasteiger partial charge in [0.2, 0.25) is 0 Å². The normalized spacial score (nSPS) is 12.1. The van der Waals surface area contributed by atoms with Crippen molar-refractivity contribution >= 4 is 5.91 Å². The zero-order valence-corrected chi connectivity index (χ0v) is 9.74. The Morgan fingerprint density at radius 1 is 1.00 bits per heavy atom. The van der Waals surface area contributed by atoms with Crippen molar-refractivity contribution in [2.45, 2.75) is 6.10 Å². The van der Waals surface area contributed by atoms with E-state index >= 15 is 0 Å². The van der Waals surface area contributed by atoms with Crippen LogP contribution in [0.3, 0.4) is 0 Å². The summed E-state index contributed by atoms with van der Waals surface area (Å²) < 4.78 is 0. The van der Waals surface area contributed by atoms with Crippen molar-refractivity contribution in [3.8, 4) is 11.1 Å². The number of hydrogen-bond acceptors (Lipinski definition) is 3. The molecule has 4 N–H and O–H groups in total. The minimum atomic E-state index is -0.943. The largest absolute Gasteiger partial charge is 0.367 e. The average Bonchev–Trinajstić information content (AvgIpc) is 2.41. The highest BCUT2D eigenvalue weighted by molar-refractivity contribution is 5.83. The summed E-state index contributed by atoms with van der Waals surface area (Å²) in [6.45, 7) is 0. The van der Waals surface area contributed by atoms with E-state index in [-0.39, 0.29) is 0 Å². The Labute approximate surface area is 105 Å². The SMILES string of the molecule is NOC(C(N)=O)c1ccccc1-c1ccccc1. The highest BCUT2D eigenvalue weighted by atomic mass is 16.6. The van der Waals surface area contributed by atoms with Crippen LogP contribution in [0.2, 0.25) is 0 Å². The van der Waals surface area contributed by atoms with Crippen LogP contribution >= 0.6 is 0 Å². The molecule has 4 nitrogen and oxygen atoms in total. The van der Waals surface area contributed by atoms with Crippen LogP contribution in [0.5, 0.6) is 0 Å². The summed E-state index contributed by atoms with van der Waals surface area (Å²) in [5.41, 5.74) is 7.81. The summed E-state index contributed by atoms with van der Waals surface area (Å²) in [4.78, 5) is 16.0. The second-order valence-electron chi connectivity index (χ2n) is 3.87. The topological polar surface area (TPSA) is 78.3 Å². The molecule has 0 saturated carbocycles. The van der Waals surface area contributed by atoms with Gasteiger partial charge in [-0.1, -0.05) is 54.6 Å². The van der Waals surface area contributed by atoms with E-state index < -0.39 is 12.0 Å². The number of carbonyl (C=O) groups excluding carboxylic acids is 1. The molecule has 2 rings (SSSR count). The Kier molecular flexibility index (Phi) is 3.72. The number of primary amides is 1. The van der Waals surface area contributed by atoms with E-state index in [4.69, 9.17) is 11.6 Å². The molecule has 0 heterocycles. The van der Waals surface area contributed by atoms with Crippen LogP contribution in [-0.4, -0.2) is 5.91 Å². The van der Waals surface area contributed by atoms with Gasteiger partial charge in [-0.2, -0.15) is 0 Å². The summed E-state index contributed by atoms with van der Waals surface area (Å²) in [7, 11) is 0. The van der Waals surface area contributed by atoms with Crippen LogP contribution in [0.4, 0.5) is 0 Å². The summed E-state index contributed by atoms with van der Waals surface area (Å²) >= 11 is 0. The molecule has 0 radical (unpaired) electrons. The third-order valence-electron chi connectivity index (χ3n) is 2.72. The molecule has 2 aromatic carbocycles. The number of amides is 1. The Bertz CT molecular complexity index is 541. The van der Waals surface area contributed by atoms with Gasteiger partial charge in [-0.25, -0.2) is 5.90 Å². The molecular weight excluding hydrogens is 228 g/mol. The third-order valence-corrected chi connectivity index (χ3v) is 2.72. The van der Waals surface area contributed by atoms with Gasteiger partial charge < -0.3 is 5.73 Å². The number of hydrogen-bond donors (Lipinski definition) is 2. The van der Waals surface area contributed by atoms with Gasteiger partial charge in [-0.3, -0.25) is 9.63 Å². The molecule has 1 unspecified atom stereocenters. The zero-order chi connectivity index (χ0) is 13.0. The minimum absolute atomic E-state index is 0.610. The van der Waals surface area contributed by atoms with Gasteiger partial charge in [0.25, 0.3) is 5.91 Å². The summed E-state index contributed by atoms with van der Waals surface area (Å²) in [6.07, 6.45) is -0.943. The van der Waals surface area contributed by atoms with Crippen molar-refractivity contribution in [1.29, 1.82) is 0 Å². The van der Waals surface area contributed by atoms with E-state index in [1.165, 1.54) is 0 Å². The molecule has 0 spiro atoms. The fraction of sp³-hybridized carbons (Fsp3) is 0.0714. The quantitative estimate of drug-likeness (QED) is 0.802. The fourth-order valence-electron chi connectivity index (χ4n) is 1.90. The van der Waals surface area contributed by atoms with Crippen molar-refractivity contribution < 1.29 is 9.63 Å². The molecular formula is C14H14N2O2.